The lowest BCUT2D eigenvalue weighted by Gasteiger charge is -2.41. The maximum absolute atomic E-state index is 11.8. The number of allylic oxidation sites excluding steroid dienone is 1. The predicted octanol–water partition coefficient (Wildman–Crippen LogP) is -1.13. The van der Waals surface area contributed by atoms with Crippen molar-refractivity contribution < 1.29 is 14.8 Å². The second-order valence-corrected chi connectivity index (χ2v) is 4.82. The van der Waals surface area contributed by atoms with Crippen molar-refractivity contribution in [2.45, 2.75) is 12.8 Å². The van der Waals surface area contributed by atoms with E-state index in [9.17, 15) is 20.6 Å². The summed E-state index contributed by atoms with van der Waals surface area (Å²) in [5.74, 6) is 0.922. The fraction of sp³-hybridized carbons (Fsp3) is 0.500. The number of nitrogens with one attached hydrogen (secondary N) is 2. The number of quaternary nitrogens is 1. The maximum Gasteiger partial charge on any atom is 0.260 e. The van der Waals surface area contributed by atoms with Gasteiger partial charge >= 0.3 is 0 Å². The molecule has 18 heavy (non-hydrogen) atoms. The van der Waals surface area contributed by atoms with E-state index in [1.807, 2.05) is 19.0 Å². The number of piperidine rings is 1. The quantitative estimate of drug-likeness (QED) is 0.372. The van der Waals surface area contributed by atoms with Crippen LogP contribution >= 0.6 is 0 Å². The molecule has 3 N–H and O–H groups in total. The van der Waals surface area contributed by atoms with Gasteiger partial charge in [-0.25, -0.2) is 0 Å². The van der Waals surface area contributed by atoms with Gasteiger partial charge in [0.25, 0.3) is 5.91 Å². The molecule has 6 nitrogen and oxygen atoms in total. The Labute approximate surface area is 105 Å². The van der Waals surface area contributed by atoms with Gasteiger partial charge in [-0.05, 0) is 0 Å². The van der Waals surface area contributed by atoms with Crippen LogP contribution in [0.3, 0.4) is 0 Å². The van der Waals surface area contributed by atoms with Crippen LogP contribution < -0.4 is 10.2 Å². The molecule has 2 aliphatic rings. The van der Waals surface area contributed by atoms with Crippen LogP contribution in [0.2, 0.25) is 0 Å². The largest absolute Gasteiger partial charge is 0.763 e. The monoisotopic (exact) mass is 246 g/mol. The van der Waals surface area contributed by atoms with Crippen LogP contribution in [0.25, 0.3) is 5.41 Å². The van der Waals surface area contributed by atoms with Crippen molar-refractivity contribution in [3.05, 3.63) is 22.4 Å². The van der Waals surface area contributed by atoms with Crippen LogP contribution in [0.1, 0.15) is 12.8 Å². The van der Waals surface area contributed by atoms with Crippen LogP contribution in [0, 0.1) is 16.7 Å². The van der Waals surface area contributed by atoms with E-state index in [0.29, 0.717) is 12.8 Å². The standard InChI is InChI=1S/C12H13N4O2/c1-16-4-2-12(3-5-16)8(6-13)10(17)15-11(18)9(12)7-14/h17H,2-5H2,1H3,(H,15,18)/q-1/p+1. The Hall–Kier alpha value is -2.09. The van der Waals surface area contributed by atoms with E-state index in [2.05, 4.69) is 5.32 Å². The number of amides is 1. The fourth-order valence-corrected chi connectivity index (χ4v) is 2.72. The molecule has 1 amide bonds. The first-order valence-electron chi connectivity index (χ1n) is 5.79. The molecule has 0 aromatic heterocycles. The van der Waals surface area contributed by atoms with Gasteiger partial charge in [0.15, 0.2) is 0 Å². The van der Waals surface area contributed by atoms with E-state index < -0.39 is 17.2 Å². The van der Waals surface area contributed by atoms with Crippen molar-refractivity contribution in [3.63, 3.8) is 0 Å². The highest BCUT2D eigenvalue weighted by Crippen LogP contribution is 2.44. The Morgan fingerprint density at radius 1 is 1.50 bits per heavy atom. The Morgan fingerprint density at radius 3 is 2.61 bits per heavy atom. The number of aliphatic hydroxyl groups excluding tert-OH is 1. The number of carbonyl (C=O) groups is 1. The lowest BCUT2D eigenvalue weighted by Crippen LogP contribution is -3.10. The molecule has 0 saturated carbocycles. The molecule has 0 atom stereocenters. The molecular formula is C12H14N4O2. The third-order valence-electron chi connectivity index (χ3n) is 3.83. The predicted molar refractivity (Wildman–Crippen MR) is 63.6 cm³/mol. The number of nitriles is 1. The van der Waals surface area contributed by atoms with Gasteiger partial charge in [0.1, 0.15) is 11.6 Å². The number of hydrogen-bond donors (Lipinski definition) is 3. The lowest BCUT2D eigenvalue weighted by molar-refractivity contribution is -0.886. The molecule has 1 fully saturated rings. The fourth-order valence-electron chi connectivity index (χ4n) is 2.72. The average molecular weight is 246 g/mol. The summed E-state index contributed by atoms with van der Waals surface area (Å²) >= 11 is 0. The summed E-state index contributed by atoms with van der Waals surface area (Å²) < 4.78 is 0. The molecule has 0 aromatic carbocycles. The number of nitrogens with zero attached hydrogens (tertiary/aromatic N) is 2. The first-order valence-corrected chi connectivity index (χ1v) is 5.79. The van der Waals surface area contributed by atoms with Crippen LogP contribution in [-0.4, -0.2) is 37.0 Å². The maximum atomic E-state index is 11.8. The second kappa shape index (κ2) is 4.30. The van der Waals surface area contributed by atoms with E-state index >= 15 is 0 Å². The minimum atomic E-state index is -0.893. The van der Waals surface area contributed by atoms with Crippen LogP contribution in [0.15, 0.2) is 17.0 Å². The Balaban J connectivity index is 2.58. The number of rotatable bonds is 0. The minimum absolute atomic E-state index is 0.0457. The molecule has 2 aliphatic heterocycles. The van der Waals surface area contributed by atoms with Gasteiger partial charge < -0.3 is 15.4 Å². The molecule has 0 aromatic rings. The van der Waals surface area contributed by atoms with Crippen molar-refractivity contribution in [2.24, 2.45) is 5.41 Å². The van der Waals surface area contributed by atoms with E-state index in [0.717, 1.165) is 13.1 Å². The van der Waals surface area contributed by atoms with Gasteiger partial charge in [-0.1, -0.05) is 0 Å². The van der Waals surface area contributed by atoms with Crippen molar-refractivity contribution in [3.8, 4) is 6.07 Å². The van der Waals surface area contributed by atoms with E-state index in [1.165, 1.54) is 4.90 Å². The molecule has 0 bridgehead atoms. The van der Waals surface area contributed by atoms with E-state index in [4.69, 9.17) is 0 Å². The van der Waals surface area contributed by atoms with Gasteiger partial charge in [-0.2, -0.15) is 5.26 Å². The highest BCUT2D eigenvalue weighted by molar-refractivity contribution is 6.06. The molecule has 2 rings (SSSR count). The number of hydrogen-bond acceptors (Lipinski definition) is 3. The minimum Gasteiger partial charge on any atom is -0.763 e. The zero-order valence-electron chi connectivity index (χ0n) is 10.1. The molecule has 0 aliphatic carbocycles. The molecule has 94 valence electrons. The molecule has 1 saturated heterocycles. The first kappa shape index (κ1) is 12.4. The van der Waals surface area contributed by atoms with Gasteiger partial charge in [-0.15, -0.1) is 0 Å². The third kappa shape index (κ3) is 1.61. The van der Waals surface area contributed by atoms with Gasteiger partial charge in [-0.3, -0.25) is 16.0 Å². The summed E-state index contributed by atoms with van der Waals surface area (Å²) in [6.07, 6.45) is 1.06. The Bertz CT molecular complexity index is 515. The summed E-state index contributed by atoms with van der Waals surface area (Å²) in [5.41, 5.74) is -0.731. The second-order valence-electron chi connectivity index (χ2n) is 4.82. The Kier molecular flexibility index (Phi) is 2.95. The van der Waals surface area contributed by atoms with Crippen LogP contribution in [0.4, 0.5) is 0 Å². The number of likely N-dealkylation sites (tertiary alicyclic amines) is 1. The normalized spacial score (nSPS) is 31.9. The van der Waals surface area contributed by atoms with Crippen molar-refractivity contribution in [1.82, 2.24) is 5.32 Å². The number of aliphatic hydroxyl groups is 1. The Morgan fingerprint density at radius 2 is 2.11 bits per heavy atom. The van der Waals surface area contributed by atoms with E-state index in [-0.39, 0.29) is 11.1 Å². The van der Waals surface area contributed by atoms with Crippen molar-refractivity contribution in [2.75, 3.05) is 20.1 Å². The van der Waals surface area contributed by atoms with Gasteiger partial charge in [0.2, 0.25) is 5.88 Å². The topological polar surface area (TPSA) is 99.9 Å². The molecule has 0 unspecified atom stereocenters. The average Bonchev–Trinajstić information content (AvgIpc) is 2.33. The zero-order valence-corrected chi connectivity index (χ0v) is 10.1. The smallest absolute Gasteiger partial charge is 0.260 e. The SMILES string of the molecule is C[NH+]1CCC2(CC1)C(=C=[N-])C(=O)NC(O)=C2C#N. The molecule has 1 spiro atoms. The summed E-state index contributed by atoms with van der Waals surface area (Å²) in [4.78, 5) is 13.1. The van der Waals surface area contributed by atoms with Crippen molar-refractivity contribution >= 4 is 11.8 Å². The molecular weight excluding hydrogens is 232 g/mol. The third-order valence-corrected chi connectivity index (χ3v) is 3.83. The zero-order chi connectivity index (χ0) is 13.3. The summed E-state index contributed by atoms with van der Waals surface area (Å²) in [6.45, 7) is 1.52. The summed E-state index contributed by atoms with van der Waals surface area (Å²) in [6, 6.07) is 1.95. The van der Waals surface area contributed by atoms with Crippen molar-refractivity contribution in [1.29, 1.82) is 5.26 Å². The lowest BCUT2D eigenvalue weighted by atomic mass is 9.66. The van der Waals surface area contributed by atoms with Crippen LogP contribution in [-0.2, 0) is 4.79 Å². The van der Waals surface area contributed by atoms with Gasteiger partial charge in [0.05, 0.1) is 25.6 Å². The summed E-state index contributed by atoms with van der Waals surface area (Å²) in [7, 11) is 2.03. The first-order chi connectivity index (χ1) is 8.55. The number of carbonyl (C=O) groups excluding carboxylic acids is 1. The molecule has 0 radical (unpaired) electrons. The van der Waals surface area contributed by atoms with Crippen LogP contribution in [0.5, 0.6) is 0 Å². The van der Waals surface area contributed by atoms with Gasteiger partial charge in [0, 0.05) is 18.4 Å². The highest BCUT2D eigenvalue weighted by atomic mass is 16.3. The highest BCUT2D eigenvalue weighted by Gasteiger charge is 2.49. The van der Waals surface area contributed by atoms with E-state index in [1.54, 1.807) is 0 Å². The molecule has 2 heterocycles. The molecule has 6 heteroatoms. The summed E-state index contributed by atoms with van der Waals surface area (Å²) in [5, 5.41) is 30.3.